The molecular weight excluding hydrogens is 367 g/mol. The molecule has 0 saturated heterocycles. The van der Waals surface area contributed by atoms with E-state index in [1.54, 1.807) is 5.56 Å². The summed E-state index contributed by atoms with van der Waals surface area (Å²) in [6, 6.07) is 9.50. The van der Waals surface area contributed by atoms with Crippen LogP contribution in [0.25, 0.3) is 0 Å². The van der Waals surface area contributed by atoms with Crippen LogP contribution in [0, 0.1) is 29.6 Å². The summed E-state index contributed by atoms with van der Waals surface area (Å²) in [4.78, 5) is 0. The molecular formula is C29H45F. The van der Waals surface area contributed by atoms with Crippen LogP contribution in [-0.2, 0) is 6.42 Å². The van der Waals surface area contributed by atoms with E-state index in [1.165, 1.54) is 82.6 Å². The molecule has 3 saturated carbocycles. The van der Waals surface area contributed by atoms with E-state index < -0.39 is 0 Å². The molecule has 1 aromatic rings. The van der Waals surface area contributed by atoms with Crippen molar-refractivity contribution in [3.63, 3.8) is 0 Å². The van der Waals surface area contributed by atoms with Crippen molar-refractivity contribution in [1.82, 2.24) is 0 Å². The molecule has 168 valence electrons. The zero-order chi connectivity index (χ0) is 20.8. The van der Waals surface area contributed by atoms with Gasteiger partial charge in [-0.1, -0.05) is 44.0 Å². The van der Waals surface area contributed by atoms with Crippen molar-refractivity contribution >= 4 is 0 Å². The molecule has 0 heterocycles. The number of hydrogen-bond donors (Lipinski definition) is 0. The zero-order valence-corrected chi connectivity index (χ0v) is 19.5. The van der Waals surface area contributed by atoms with E-state index in [0.29, 0.717) is 0 Å². The van der Waals surface area contributed by atoms with Crippen LogP contribution in [-0.4, -0.2) is 6.67 Å². The molecule has 0 bridgehead atoms. The van der Waals surface area contributed by atoms with Gasteiger partial charge in [-0.3, -0.25) is 4.39 Å². The molecule has 0 aliphatic heterocycles. The third-order valence-electron chi connectivity index (χ3n) is 9.42. The number of halogens is 1. The maximum atomic E-state index is 12.4. The highest BCUT2D eigenvalue weighted by atomic mass is 19.1. The highest BCUT2D eigenvalue weighted by Gasteiger charge is 2.34. The molecule has 3 aliphatic carbocycles. The van der Waals surface area contributed by atoms with Gasteiger partial charge in [0.25, 0.3) is 0 Å². The highest BCUT2D eigenvalue weighted by Crippen LogP contribution is 2.47. The smallest absolute Gasteiger partial charge is 0.0894 e. The molecule has 0 nitrogen and oxygen atoms in total. The molecule has 0 N–H and O–H groups in total. The predicted octanol–water partition coefficient (Wildman–Crippen LogP) is 8.89. The molecule has 3 fully saturated rings. The van der Waals surface area contributed by atoms with E-state index in [0.717, 1.165) is 54.8 Å². The first-order chi connectivity index (χ1) is 14.8. The standard InChI is InChI=1S/C29H45F/c1-2-22-5-9-24(10-6-22)26-13-17-28(18-14-26)29-19-15-27(16-20-29)25-11-7-23(8-12-25)4-3-21-30/h5-6,9-10,23,25-29H,2-4,7-8,11-21H2,1H3/t23-,25-,26-,27-,28-,29-. The first-order valence-corrected chi connectivity index (χ1v) is 13.4. The van der Waals surface area contributed by atoms with Crippen molar-refractivity contribution in [2.45, 2.75) is 109 Å². The number of alkyl halides is 1. The number of hydrogen-bond acceptors (Lipinski definition) is 0. The molecule has 0 radical (unpaired) electrons. The van der Waals surface area contributed by atoms with Crippen LogP contribution in [0.1, 0.15) is 114 Å². The van der Waals surface area contributed by atoms with E-state index in [4.69, 9.17) is 0 Å². The summed E-state index contributed by atoms with van der Waals surface area (Å²) in [5, 5.41) is 0. The average molecular weight is 413 g/mol. The Labute approximate surface area is 185 Å². The summed E-state index contributed by atoms with van der Waals surface area (Å²) < 4.78 is 12.4. The molecule has 0 unspecified atom stereocenters. The summed E-state index contributed by atoms with van der Waals surface area (Å²) in [7, 11) is 0. The molecule has 0 atom stereocenters. The van der Waals surface area contributed by atoms with Crippen LogP contribution < -0.4 is 0 Å². The molecule has 0 amide bonds. The van der Waals surface area contributed by atoms with Gasteiger partial charge < -0.3 is 0 Å². The topological polar surface area (TPSA) is 0 Å². The predicted molar refractivity (Wildman–Crippen MR) is 127 cm³/mol. The van der Waals surface area contributed by atoms with Gasteiger partial charge in [0.1, 0.15) is 0 Å². The normalized spacial score (nSPS) is 35.3. The average Bonchev–Trinajstić information content (AvgIpc) is 2.83. The quantitative estimate of drug-likeness (QED) is 0.419. The molecule has 0 aromatic heterocycles. The molecule has 1 heteroatoms. The van der Waals surface area contributed by atoms with Gasteiger partial charge in [-0.2, -0.15) is 0 Å². The Hall–Kier alpha value is -0.850. The molecule has 0 spiro atoms. The van der Waals surface area contributed by atoms with E-state index in [9.17, 15) is 4.39 Å². The number of rotatable bonds is 7. The van der Waals surface area contributed by atoms with Crippen LogP contribution >= 0.6 is 0 Å². The Bertz CT molecular complexity index is 596. The van der Waals surface area contributed by atoms with E-state index in [-0.39, 0.29) is 6.67 Å². The van der Waals surface area contributed by atoms with Crippen LogP contribution in [0.4, 0.5) is 4.39 Å². The minimum Gasteiger partial charge on any atom is -0.251 e. The van der Waals surface area contributed by atoms with Crippen LogP contribution in [0.15, 0.2) is 24.3 Å². The fourth-order valence-electron chi connectivity index (χ4n) is 7.35. The fourth-order valence-corrected chi connectivity index (χ4v) is 7.35. The van der Waals surface area contributed by atoms with Gasteiger partial charge in [0, 0.05) is 0 Å². The lowest BCUT2D eigenvalue weighted by Crippen LogP contribution is -2.29. The Morgan fingerprint density at radius 1 is 0.667 bits per heavy atom. The van der Waals surface area contributed by atoms with Crippen molar-refractivity contribution in [1.29, 1.82) is 0 Å². The molecule has 30 heavy (non-hydrogen) atoms. The Kier molecular flexibility index (Phi) is 8.30. The monoisotopic (exact) mass is 412 g/mol. The largest absolute Gasteiger partial charge is 0.251 e. The lowest BCUT2D eigenvalue weighted by Gasteiger charge is -2.41. The SMILES string of the molecule is CCc1ccc([C@H]2CC[C@H]([C@H]3CC[C@H]([C@H]4CC[C@H](CCCF)CC4)CC3)CC2)cc1. The van der Waals surface area contributed by atoms with Gasteiger partial charge in [-0.25, -0.2) is 0 Å². The van der Waals surface area contributed by atoms with Gasteiger partial charge in [-0.05, 0) is 130 Å². The zero-order valence-electron chi connectivity index (χ0n) is 19.5. The number of aryl methyl sites for hydroxylation is 1. The third kappa shape index (κ3) is 5.68. The van der Waals surface area contributed by atoms with Gasteiger partial charge in [0.15, 0.2) is 0 Å². The molecule has 1 aromatic carbocycles. The maximum Gasteiger partial charge on any atom is 0.0894 e. The minimum absolute atomic E-state index is 0.114. The van der Waals surface area contributed by atoms with Gasteiger partial charge in [-0.15, -0.1) is 0 Å². The van der Waals surface area contributed by atoms with E-state index >= 15 is 0 Å². The van der Waals surface area contributed by atoms with Gasteiger partial charge in [0.05, 0.1) is 6.67 Å². The van der Waals surface area contributed by atoms with Crippen molar-refractivity contribution in [2.75, 3.05) is 6.67 Å². The lowest BCUT2D eigenvalue weighted by molar-refractivity contribution is 0.108. The van der Waals surface area contributed by atoms with E-state index in [1.807, 2.05) is 0 Å². The molecule has 3 aliphatic rings. The van der Waals surface area contributed by atoms with Crippen LogP contribution in [0.3, 0.4) is 0 Å². The molecule has 4 rings (SSSR count). The summed E-state index contributed by atoms with van der Waals surface area (Å²) in [6.07, 6.45) is 20.5. The Morgan fingerprint density at radius 3 is 1.60 bits per heavy atom. The van der Waals surface area contributed by atoms with Crippen LogP contribution in [0.5, 0.6) is 0 Å². The Morgan fingerprint density at radius 2 is 1.13 bits per heavy atom. The second kappa shape index (κ2) is 11.1. The van der Waals surface area contributed by atoms with Crippen molar-refractivity contribution in [3.05, 3.63) is 35.4 Å². The van der Waals surface area contributed by atoms with Crippen molar-refractivity contribution < 1.29 is 4.39 Å². The maximum absolute atomic E-state index is 12.4. The fraction of sp³-hybridized carbons (Fsp3) is 0.793. The minimum atomic E-state index is -0.114. The lowest BCUT2D eigenvalue weighted by atomic mass is 9.64. The first kappa shape index (κ1) is 22.3. The van der Waals surface area contributed by atoms with Gasteiger partial charge in [0.2, 0.25) is 0 Å². The summed E-state index contributed by atoms with van der Waals surface area (Å²) in [6.45, 7) is 2.13. The second-order valence-electron chi connectivity index (χ2n) is 11.0. The van der Waals surface area contributed by atoms with E-state index in [2.05, 4.69) is 31.2 Å². The van der Waals surface area contributed by atoms with Crippen molar-refractivity contribution in [3.8, 4) is 0 Å². The summed E-state index contributed by atoms with van der Waals surface area (Å²) >= 11 is 0. The first-order valence-electron chi connectivity index (χ1n) is 13.4. The third-order valence-corrected chi connectivity index (χ3v) is 9.42. The Balaban J connectivity index is 1.17. The van der Waals surface area contributed by atoms with Crippen LogP contribution in [0.2, 0.25) is 0 Å². The van der Waals surface area contributed by atoms with Crippen molar-refractivity contribution in [2.24, 2.45) is 29.6 Å². The number of benzene rings is 1. The summed E-state index contributed by atoms with van der Waals surface area (Å²) in [5.74, 6) is 5.68. The van der Waals surface area contributed by atoms with Gasteiger partial charge >= 0.3 is 0 Å². The highest BCUT2D eigenvalue weighted by molar-refractivity contribution is 5.25. The second-order valence-corrected chi connectivity index (χ2v) is 11.0. The summed E-state index contributed by atoms with van der Waals surface area (Å²) in [5.41, 5.74) is 3.06.